The Morgan fingerprint density at radius 2 is 1.92 bits per heavy atom. The summed E-state index contributed by atoms with van der Waals surface area (Å²) >= 11 is 5.81. The van der Waals surface area contributed by atoms with Crippen molar-refractivity contribution in [1.82, 2.24) is 10.2 Å². The summed E-state index contributed by atoms with van der Waals surface area (Å²) in [6.45, 7) is 9.07. The molecule has 0 aromatic rings. The second kappa shape index (κ2) is 5.18. The molecular formula is C10H21ClN2. The summed E-state index contributed by atoms with van der Waals surface area (Å²) in [5.41, 5.74) is 0.0846. The van der Waals surface area contributed by atoms with Gasteiger partial charge in [0.25, 0.3) is 0 Å². The van der Waals surface area contributed by atoms with E-state index in [9.17, 15) is 0 Å². The molecule has 0 aliphatic carbocycles. The molecule has 1 rings (SSSR count). The molecule has 0 bridgehead atoms. The van der Waals surface area contributed by atoms with Gasteiger partial charge in [0.15, 0.2) is 0 Å². The number of hydrogen-bond donors (Lipinski definition) is 1. The Labute approximate surface area is 86.6 Å². The van der Waals surface area contributed by atoms with E-state index in [0.29, 0.717) is 5.88 Å². The van der Waals surface area contributed by atoms with Gasteiger partial charge in [0, 0.05) is 24.5 Å². The highest BCUT2D eigenvalue weighted by Crippen LogP contribution is 2.07. The highest BCUT2D eigenvalue weighted by atomic mass is 35.5. The first-order valence-electron chi connectivity index (χ1n) is 5.17. The third-order valence-electron chi connectivity index (χ3n) is 2.56. The number of alkyl halides is 1. The van der Waals surface area contributed by atoms with Crippen LogP contribution in [0.5, 0.6) is 0 Å². The molecule has 0 saturated carbocycles. The highest BCUT2D eigenvalue weighted by molar-refractivity contribution is 6.18. The zero-order chi connectivity index (χ0) is 9.73. The van der Waals surface area contributed by atoms with Crippen molar-refractivity contribution in [2.24, 2.45) is 0 Å². The Bertz CT molecular complexity index is 142. The lowest BCUT2D eigenvalue weighted by atomic mass is 10.1. The van der Waals surface area contributed by atoms with Crippen LogP contribution >= 0.6 is 11.6 Å². The number of rotatable bonds is 5. The molecule has 0 amide bonds. The maximum atomic E-state index is 5.81. The van der Waals surface area contributed by atoms with E-state index in [0.717, 1.165) is 6.54 Å². The Morgan fingerprint density at radius 3 is 2.46 bits per heavy atom. The molecule has 0 radical (unpaired) electrons. The molecule has 1 N–H and O–H groups in total. The van der Waals surface area contributed by atoms with Crippen LogP contribution < -0.4 is 5.32 Å². The van der Waals surface area contributed by atoms with Crippen LogP contribution in [-0.4, -0.2) is 42.5 Å². The lowest BCUT2D eigenvalue weighted by Crippen LogP contribution is -2.44. The third-order valence-corrected chi connectivity index (χ3v) is 3.23. The van der Waals surface area contributed by atoms with Crippen molar-refractivity contribution in [1.29, 1.82) is 0 Å². The van der Waals surface area contributed by atoms with Crippen molar-refractivity contribution < 1.29 is 0 Å². The van der Waals surface area contributed by atoms with Crippen molar-refractivity contribution in [3.8, 4) is 0 Å². The first-order valence-corrected chi connectivity index (χ1v) is 5.71. The van der Waals surface area contributed by atoms with Gasteiger partial charge in [-0.2, -0.15) is 0 Å². The Balaban J connectivity index is 2.06. The molecule has 0 unspecified atom stereocenters. The summed E-state index contributed by atoms with van der Waals surface area (Å²) in [7, 11) is 0. The zero-order valence-corrected chi connectivity index (χ0v) is 9.53. The van der Waals surface area contributed by atoms with Crippen LogP contribution in [0.4, 0.5) is 0 Å². The molecule has 1 heterocycles. The van der Waals surface area contributed by atoms with Crippen LogP contribution in [0.15, 0.2) is 0 Å². The summed E-state index contributed by atoms with van der Waals surface area (Å²) in [5.74, 6) is 0.674. The van der Waals surface area contributed by atoms with Crippen molar-refractivity contribution in [3.63, 3.8) is 0 Å². The van der Waals surface area contributed by atoms with Crippen LogP contribution in [0.1, 0.15) is 26.7 Å². The van der Waals surface area contributed by atoms with E-state index in [-0.39, 0.29) is 5.54 Å². The van der Waals surface area contributed by atoms with E-state index in [1.807, 2.05) is 0 Å². The monoisotopic (exact) mass is 204 g/mol. The molecule has 0 aromatic carbocycles. The predicted molar refractivity (Wildman–Crippen MR) is 58.5 cm³/mol. The SMILES string of the molecule is CC(C)(CCl)NCCN1CCCC1. The van der Waals surface area contributed by atoms with Crippen molar-refractivity contribution in [2.75, 3.05) is 32.1 Å². The fraction of sp³-hybridized carbons (Fsp3) is 1.00. The zero-order valence-electron chi connectivity index (χ0n) is 8.77. The van der Waals surface area contributed by atoms with Crippen molar-refractivity contribution >= 4 is 11.6 Å². The van der Waals surface area contributed by atoms with E-state index in [1.165, 1.54) is 32.5 Å². The number of likely N-dealkylation sites (tertiary alicyclic amines) is 1. The number of halogens is 1. The van der Waals surface area contributed by atoms with Gasteiger partial charge in [0.1, 0.15) is 0 Å². The minimum atomic E-state index is 0.0846. The molecule has 1 aliphatic rings. The van der Waals surface area contributed by atoms with E-state index in [2.05, 4.69) is 24.1 Å². The molecule has 0 spiro atoms. The summed E-state index contributed by atoms with van der Waals surface area (Å²) in [6, 6.07) is 0. The quantitative estimate of drug-likeness (QED) is 0.686. The summed E-state index contributed by atoms with van der Waals surface area (Å²) in [4.78, 5) is 2.51. The number of nitrogens with one attached hydrogen (secondary N) is 1. The molecular weight excluding hydrogens is 184 g/mol. The molecule has 0 atom stereocenters. The van der Waals surface area contributed by atoms with Gasteiger partial charge in [-0.1, -0.05) is 0 Å². The van der Waals surface area contributed by atoms with Gasteiger partial charge in [0.05, 0.1) is 0 Å². The highest BCUT2D eigenvalue weighted by Gasteiger charge is 2.16. The van der Waals surface area contributed by atoms with Crippen LogP contribution in [-0.2, 0) is 0 Å². The third kappa shape index (κ3) is 4.30. The summed E-state index contributed by atoms with van der Waals surface area (Å²) in [6.07, 6.45) is 2.75. The van der Waals surface area contributed by atoms with Crippen molar-refractivity contribution in [3.05, 3.63) is 0 Å². The second-order valence-electron chi connectivity index (χ2n) is 4.49. The normalized spacial score (nSPS) is 19.6. The minimum absolute atomic E-state index is 0.0846. The molecule has 1 saturated heterocycles. The van der Waals surface area contributed by atoms with E-state index in [4.69, 9.17) is 11.6 Å². The van der Waals surface area contributed by atoms with Crippen LogP contribution in [0.2, 0.25) is 0 Å². The standard InChI is InChI=1S/C10H21ClN2/c1-10(2,9-11)12-5-8-13-6-3-4-7-13/h12H,3-9H2,1-2H3. The lowest BCUT2D eigenvalue weighted by molar-refractivity contribution is 0.313. The van der Waals surface area contributed by atoms with E-state index in [1.54, 1.807) is 0 Å². The van der Waals surface area contributed by atoms with Crippen LogP contribution in [0.3, 0.4) is 0 Å². The predicted octanol–water partition coefficient (Wildman–Crippen LogP) is 1.69. The largest absolute Gasteiger partial charge is 0.309 e. The van der Waals surface area contributed by atoms with Gasteiger partial charge in [-0.3, -0.25) is 0 Å². The molecule has 2 nitrogen and oxygen atoms in total. The van der Waals surface area contributed by atoms with Crippen molar-refractivity contribution in [2.45, 2.75) is 32.2 Å². The average Bonchev–Trinajstić information content (AvgIpc) is 2.57. The smallest absolute Gasteiger partial charge is 0.0400 e. The summed E-state index contributed by atoms with van der Waals surface area (Å²) in [5, 5.41) is 3.46. The van der Waals surface area contributed by atoms with E-state index < -0.39 is 0 Å². The van der Waals surface area contributed by atoms with Gasteiger partial charge < -0.3 is 10.2 Å². The number of nitrogens with zero attached hydrogens (tertiary/aromatic N) is 1. The fourth-order valence-corrected chi connectivity index (χ4v) is 1.70. The van der Waals surface area contributed by atoms with Crippen LogP contribution in [0.25, 0.3) is 0 Å². The molecule has 3 heteroatoms. The first kappa shape index (κ1) is 11.3. The Hall–Kier alpha value is 0.210. The van der Waals surface area contributed by atoms with Crippen LogP contribution in [0, 0.1) is 0 Å². The fourth-order valence-electron chi connectivity index (χ4n) is 1.61. The Morgan fingerprint density at radius 1 is 1.31 bits per heavy atom. The molecule has 78 valence electrons. The van der Waals surface area contributed by atoms with Gasteiger partial charge in [-0.15, -0.1) is 11.6 Å². The van der Waals surface area contributed by atoms with Gasteiger partial charge in [-0.05, 0) is 39.8 Å². The molecule has 13 heavy (non-hydrogen) atoms. The maximum absolute atomic E-state index is 5.81. The van der Waals surface area contributed by atoms with E-state index >= 15 is 0 Å². The number of hydrogen-bond acceptors (Lipinski definition) is 2. The molecule has 1 aliphatic heterocycles. The molecule has 1 fully saturated rings. The Kier molecular flexibility index (Phi) is 4.50. The maximum Gasteiger partial charge on any atom is 0.0400 e. The topological polar surface area (TPSA) is 15.3 Å². The summed E-state index contributed by atoms with van der Waals surface area (Å²) < 4.78 is 0. The first-order chi connectivity index (χ1) is 6.14. The lowest BCUT2D eigenvalue weighted by Gasteiger charge is -2.25. The van der Waals surface area contributed by atoms with Gasteiger partial charge >= 0.3 is 0 Å². The van der Waals surface area contributed by atoms with Gasteiger partial charge in [-0.25, -0.2) is 0 Å². The second-order valence-corrected chi connectivity index (χ2v) is 4.76. The molecule has 0 aromatic heterocycles. The minimum Gasteiger partial charge on any atom is -0.309 e. The average molecular weight is 205 g/mol. The van der Waals surface area contributed by atoms with Gasteiger partial charge in [0.2, 0.25) is 0 Å².